The molecule has 0 spiro atoms. The fourth-order valence-corrected chi connectivity index (χ4v) is 4.44. The van der Waals surface area contributed by atoms with Gasteiger partial charge in [-0.05, 0) is 36.6 Å². The summed E-state index contributed by atoms with van der Waals surface area (Å²) in [4.78, 5) is 15.6. The molecule has 2 aromatic rings. The van der Waals surface area contributed by atoms with Crippen LogP contribution in [0.15, 0.2) is 12.1 Å². The lowest BCUT2D eigenvalue weighted by Gasteiger charge is -2.29. The van der Waals surface area contributed by atoms with Crippen molar-refractivity contribution in [3.05, 3.63) is 34.4 Å². The Labute approximate surface area is 195 Å². The van der Waals surface area contributed by atoms with Gasteiger partial charge in [0.05, 0.1) is 48.2 Å². The van der Waals surface area contributed by atoms with Crippen LogP contribution in [0.5, 0.6) is 34.5 Å². The van der Waals surface area contributed by atoms with Crippen molar-refractivity contribution in [1.29, 1.82) is 0 Å². The standard InChI is InChI=1S/C25H33NO7/c1-15-21(23(31-5)25(33-7)24(32-6)22(15)30-4)18(27)9-11-26-10-8-16-12-19(28-2)20(29-3)13-17(16)14-26/h12-13H,8-11,14H2,1-7H3. The minimum absolute atomic E-state index is 0.0401. The van der Waals surface area contributed by atoms with Crippen LogP contribution in [-0.2, 0) is 13.0 Å². The SMILES string of the molecule is COc1cc2c(cc1OC)CN(CCC(=O)c1c(C)c(OC)c(OC)c(OC)c1OC)CC2. The number of carbonyl (C=O) groups excluding carboxylic acids is 1. The molecule has 8 heteroatoms. The van der Waals surface area contributed by atoms with Crippen molar-refractivity contribution in [3.63, 3.8) is 0 Å². The van der Waals surface area contributed by atoms with E-state index in [2.05, 4.69) is 4.90 Å². The van der Waals surface area contributed by atoms with E-state index in [1.165, 1.54) is 32.5 Å². The average Bonchev–Trinajstić information content (AvgIpc) is 2.84. The van der Waals surface area contributed by atoms with E-state index >= 15 is 0 Å². The van der Waals surface area contributed by atoms with Crippen LogP contribution in [0.25, 0.3) is 0 Å². The number of ketones is 1. The summed E-state index contributed by atoms with van der Waals surface area (Å²) in [6, 6.07) is 4.06. The van der Waals surface area contributed by atoms with Gasteiger partial charge in [0, 0.05) is 31.6 Å². The monoisotopic (exact) mass is 459 g/mol. The summed E-state index contributed by atoms with van der Waals surface area (Å²) in [5.74, 6) is 2.99. The Morgan fingerprint density at radius 2 is 1.33 bits per heavy atom. The van der Waals surface area contributed by atoms with Gasteiger partial charge in [0.25, 0.3) is 0 Å². The van der Waals surface area contributed by atoms with Gasteiger partial charge in [-0.3, -0.25) is 9.69 Å². The highest BCUT2D eigenvalue weighted by Crippen LogP contribution is 2.49. The van der Waals surface area contributed by atoms with Crippen LogP contribution in [0.2, 0.25) is 0 Å². The molecule has 2 aromatic carbocycles. The number of methoxy groups -OCH3 is 6. The first-order valence-corrected chi connectivity index (χ1v) is 10.8. The van der Waals surface area contributed by atoms with Gasteiger partial charge in [0.1, 0.15) is 0 Å². The second kappa shape index (κ2) is 10.7. The molecule has 0 radical (unpaired) electrons. The fourth-order valence-electron chi connectivity index (χ4n) is 4.44. The van der Waals surface area contributed by atoms with Gasteiger partial charge in [-0.25, -0.2) is 0 Å². The van der Waals surface area contributed by atoms with E-state index < -0.39 is 0 Å². The summed E-state index contributed by atoms with van der Waals surface area (Å²) in [6.07, 6.45) is 1.22. The molecule has 0 aromatic heterocycles. The second-order valence-corrected chi connectivity index (χ2v) is 7.81. The Morgan fingerprint density at radius 3 is 1.88 bits per heavy atom. The van der Waals surface area contributed by atoms with Crippen molar-refractivity contribution in [2.24, 2.45) is 0 Å². The van der Waals surface area contributed by atoms with Crippen molar-refractivity contribution < 1.29 is 33.2 Å². The number of nitrogens with zero attached hydrogens (tertiary/aromatic N) is 1. The van der Waals surface area contributed by atoms with Gasteiger partial charge in [0.2, 0.25) is 11.5 Å². The number of carbonyl (C=O) groups is 1. The number of fused-ring (bicyclic) bond motifs is 1. The number of Topliss-reactive ketones (excluding diaryl/α,β-unsaturated/α-hetero) is 1. The highest BCUT2D eigenvalue weighted by molar-refractivity contribution is 6.02. The topological polar surface area (TPSA) is 75.7 Å². The predicted octanol–water partition coefficient (Wildman–Crippen LogP) is 3.68. The first-order chi connectivity index (χ1) is 15.9. The van der Waals surface area contributed by atoms with Crippen molar-refractivity contribution in [1.82, 2.24) is 4.90 Å². The smallest absolute Gasteiger partial charge is 0.208 e. The third-order valence-electron chi connectivity index (χ3n) is 6.11. The van der Waals surface area contributed by atoms with Crippen molar-refractivity contribution in [2.45, 2.75) is 26.3 Å². The van der Waals surface area contributed by atoms with Gasteiger partial charge >= 0.3 is 0 Å². The minimum Gasteiger partial charge on any atom is -0.493 e. The second-order valence-electron chi connectivity index (χ2n) is 7.81. The third kappa shape index (κ3) is 4.66. The molecule has 0 saturated heterocycles. The van der Waals surface area contributed by atoms with Crippen molar-refractivity contribution >= 4 is 5.78 Å². The first kappa shape index (κ1) is 24.5. The van der Waals surface area contributed by atoms with Crippen LogP contribution in [0.1, 0.15) is 33.5 Å². The highest BCUT2D eigenvalue weighted by atomic mass is 16.5. The number of benzene rings is 2. The lowest BCUT2D eigenvalue weighted by atomic mass is 9.96. The minimum atomic E-state index is -0.0401. The van der Waals surface area contributed by atoms with Gasteiger partial charge in [-0.2, -0.15) is 0 Å². The number of hydrogen-bond donors (Lipinski definition) is 0. The number of rotatable bonds is 10. The zero-order chi connectivity index (χ0) is 24.1. The van der Waals surface area contributed by atoms with E-state index in [0.29, 0.717) is 52.8 Å². The average molecular weight is 460 g/mol. The van der Waals surface area contributed by atoms with Crippen LogP contribution in [0, 0.1) is 6.92 Å². The van der Waals surface area contributed by atoms with E-state index in [9.17, 15) is 4.79 Å². The van der Waals surface area contributed by atoms with Crippen molar-refractivity contribution in [3.8, 4) is 34.5 Å². The summed E-state index contributed by atoms with van der Waals surface area (Å²) < 4.78 is 33.0. The Kier molecular flexibility index (Phi) is 7.92. The highest BCUT2D eigenvalue weighted by Gasteiger charge is 2.29. The van der Waals surface area contributed by atoms with Crippen LogP contribution < -0.4 is 28.4 Å². The maximum absolute atomic E-state index is 13.4. The molecule has 0 saturated carbocycles. The Morgan fingerprint density at radius 1 is 0.788 bits per heavy atom. The maximum Gasteiger partial charge on any atom is 0.208 e. The summed E-state index contributed by atoms with van der Waals surface area (Å²) in [6.45, 7) is 4.05. The summed E-state index contributed by atoms with van der Waals surface area (Å²) in [5.41, 5.74) is 3.55. The van der Waals surface area contributed by atoms with E-state index in [1.54, 1.807) is 21.3 Å². The first-order valence-electron chi connectivity index (χ1n) is 10.8. The predicted molar refractivity (Wildman–Crippen MR) is 125 cm³/mol. The zero-order valence-electron chi connectivity index (χ0n) is 20.5. The van der Waals surface area contributed by atoms with E-state index in [-0.39, 0.29) is 5.78 Å². The van der Waals surface area contributed by atoms with Crippen LogP contribution in [-0.4, -0.2) is 66.4 Å². The van der Waals surface area contributed by atoms with Crippen LogP contribution >= 0.6 is 0 Å². The number of ether oxygens (including phenoxy) is 6. The molecule has 0 amide bonds. The molecule has 1 aliphatic heterocycles. The third-order valence-corrected chi connectivity index (χ3v) is 6.11. The molecule has 0 unspecified atom stereocenters. The quantitative estimate of drug-likeness (QED) is 0.498. The van der Waals surface area contributed by atoms with E-state index in [0.717, 1.165) is 25.3 Å². The maximum atomic E-state index is 13.4. The largest absolute Gasteiger partial charge is 0.493 e. The fraction of sp³-hybridized carbons (Fsp3) is 0.480. The molecule has 0 fully saturated rings. The van der Waals surface area contributed by atoms with Gasteiger partial charge < -0.3 is 28.4 Å². The van der Waals surface area contributed by atoms with Gasteiger partial charge in [-0.15, -0.1) is 0 Å². The molecule has 0 N–H and O–H groups in total. The van der Waals surface area contributed by atoms with Crippen LogP contribution in [0.3, 0.4) is 0 Å². The van der Waals surface area contributed by atoms with Crippen molar-refractivity contribution in [2.75, 3.05) is 55.7 Å². The lowest BCUT2D eigenvalue weighted by Crippen LogP contribution is -2.32. The summed E-state index contributed by atoms with van der Waals surface area (Å²) in [7, 11) is 9.38. The molecular weight excluding hydrogens is 426 g/mol. The number of hydrogen-bond acceptors (Lipinski definition) is 8. The lowest BCUT2D eigenvalue weighted by molar-refractivity contribution is 0.0955. The van der Waals surface area contributed by atoms with Crippen LogP contribution in [0.4, 0.5) is 0 Å². The molecule has 0 atom stereocenters. The molecule has 3 rings (SSSR count). The molecule has 8 nitrogen and oxygen atoms in total. The van der Waals surface area contributed by atoms with Gasteiger partial charge in [0.15, 0.2) is 28.8 Å². The molecule has 0 aliphatic carbocycles. The molecule has 33 heavy (non-hydrogen) atoms. The molecule has 1 heterocycles. The molecular formula is C25H33NO7. The summed E-state index contributed by atoms with van der Waals surface area (Å²) in [5, 5.41) is 0. The Bertz CT molecular complexity index is 1020. The Hall–Kier alpha value is -3.13. The zero-order valence-corrected chi connectivity index (χ0v) is 20.5. The summed E-state index contributed by atoms with van der Waals surface area (Å²) >= 11 is 0. The van der Waals surface area contributed by atoms with E-state index in [1.807, 2.05) is 19.1 Å². The van der Waals surface area contributed by atoms with E-state index in [4.69, 9.17) is 28.4 Å². The molecule has 0 bridgehead atoms. The van der Waals surface area contributed by atoms with Gasteiger partial charge in [-0.1, -0.05) is 0 Å². The molecule has 180 valence electrons. The normalized spacial score (nSPS) is 13.2. The Balaban J connectivity index is 1.82. The molecule has 1 aliphatic rings.